The highest BCUT2D eigenvalue weighted by Crippen LogP contribution is 2.51. The fourth-order valence-corrected chi connectivity index (χ4v) is 5.27. The second-order valence-corrected chi connectivity index (χ2v) is 11.7. The highest BCUT2D eigenvalue weighted by molar-refractivity contribution is 7.47. The second kappa shape index (κ2) is 15.6. The van der Waals surface area contributed by atoms with E-state index in [0.717, 1.165) is 0 Å². The van der Waals surface area contributed by atoms with E-state index in [1.165, 1.54) is 0 Å². The number of phosphoric acid groups is 3. The van der Waals surface area contributed by atoms with Crippen LogP contribution in [-0.4, -0.2) is 108 Å². The molecular weight excluding hydrogens is 601 g/mol. The molecule has 0 aliphatic heterocycles. The van der Waals surface area contributed by atoms with Gasteiger partial charge in [-0.2, -0.15) is 0 Å². The summed E-state index contributed by atoms with van der Waals surface area (Å²) in [4.78, 5) is 68.6. The molecule has 39 heavy (non-hydrogen) atoms. The zero-order chi connectivity index (χ0) is 30.0. The molecule has 1 unspecified atom stereocenters. The fraction of sp³-hybridized carbons (Fsp3) is 0.765. The maximum absolute atomic E-state index is 12.4. The average Bonchev–Trinajstić information content (AvgIpc) is 2.81. The van der Waals surface area contributed by atoms with Crippen molar-refractivity contribution in [1.82, 2.24) is 0 Å². The van der Waals surface area contributed by atoms with Crippen LogP contribution in [0.1, 0.15) is 25.7 Å². The number of unbranched alkanes of at least 4 members (excludes halogenated alkanes) is 2. The lowest BCUT2D eigenvalue weighted by atomic mass is 9.85. The van der Waals surface area contributed by atoms with E-state index in [4.69, 9.17) is 30.7 Å². The van der Waals surface area contributed by atoms with Gasteiger partial charge >= 0.3 is 29.4 Å². The van der Waals surface area contributed by atoms with Gasteiger partial charge in [0.15, 0.2) is 6.10 Å². The van der Waals surface area contributed by atoms with Crippen LogP contribution in [0.3, 0.4) is 0 Å². The number of hydrogen-bond acceptors (Lipinski definition) is 14. The van der Waals surface area contributed by atoms with Crippen molar-refractivity contribution < 1.29 is 90.6 Å². The highest BCUT2D eigenvalue weighted by Gasteiger charge is 2.56. The van der Waals surface area contributed by atoms with Crippen LogP contribution < -0.4 is 0 Å². The van der Waals surface area contributed by atoms with Gasteiger partial charge in [-0.1, -0.05) is 0 Å². The average molecular weight is 630 g/mol. The predicted molar refractivity (Wildman–Crippen MR) is 122 cm³/mol. The van der Waals surface area contributed by atoms with Crippen molar-refractivity contribution in [3.63, 3.8) is 0 Å². The molecule has 1 saturated carbocycles. The number of ether oxygens (including phenoxy) is 2. The molecule has 226 valence electrons. The Labute approximate surface area is 221 Å². The number of hydrogen-bond donors (Lipinski definition) is 8. The number of esters is 1. The van der Waals surface area contributed by atoms with E-state index < -0.39 is 85.4 Å². The van der Waals surface area contributed by atoms with Crippen LogP contribution in [0.25, 0.3) is 0 Å². The van der Waals surface area contributed by atoms with Crippen LogP contribution >= 0.6 is 23.5 Å². The molecule has 0 aromatic heterocycles. The molecule has 1 fully saturated rings. The first-order valence-corrected chi connectivity index (χ1v) is 15.3. The van der Waals surface area contributed by atoms with E-state index >= 15 is 0 Å². The normalized spacial score (nSPS) is 28.1. The van der Waals surface area contributed by atoms with Crippen LogP contribution in [0.4, 0.5) is 0 Å². The number of phosphoric ester groups is 3. The molecule has 0 heterocycles. The van der Waals surface area contributed by atoms with Crippen LogP contribution in [0.15, 0.2) is 0 Å². The number of carbonyl (C=O) groups is 2. The zero-order valence-corrected chi connectivity index (χ0v) is 22.5. The Balaban J connectivity index is 2.91. The maximum Gasteiger partial charge on any atom is 0.472 e. The third-order valence-electron chi connectivity index (χ3n) is 4.85. The van der Waals surface area contributed by atoms with Gasteiger partial charge in [-0.05, 0) is 12.8 Å². The summed E-state index contributed by atoms with van der Waals surface area (Å²) in [5, 5.41) is 30.8. The lowest BCUT2D eigenvalue weighted by molar-refractivity contribution is -0.213. The first-order valence-electron chi connectivity index (χ1n) is 10.8. The largest absolute Gasteiger partial charge is 0.472 e. The molecule has 0 bridgehead atoms. The van der Waals surface area contributed by atoms with E-state index in [2.05, 4.69) is 28.8 Å². The van der Waals surface area contributed by atoms with Gasteiger partial charge in [0.2, 0.25) is 0 Å². The summed E-state index contributed by atoms with van der Waals surface area (Å²) < 4.78 is 61.9. The molecule has 8 N–H and O–H groups in total. The summed E-state index contributed by atoms with van der Waals surface area (Å²) in [6.07, 6.45) is -9.92. The Bertz CT molecular complexity index is 986. The zero-order valence-electron chi connectivity index (χ0n) is 19.8. The monoisotopic (exact) mass is 630 g/mol. The summed E-state index contributed by atoms with van der Waals surface area (Å²) >= 11 is 0. The van der Waals surface area contributed by atoms with Gasteiger partial charge in [0.05, 0.1) is 6.61 Å². The minimum Gasteiger partial charge on any atom is -0.462 e. The van der Waals surface area contributed by atoms with E-state index in [1.54, 1.807) is 0 Å². The van der Waals surface area contributed by atoms with Gasteiger partial charge in [0, 0.05) is 12.8 Å². The van der Waals surface area contributed by atoms with Gasteiger partial charge in [0.1, 0.15) is 43.2 Å². The first kappa shape index (κ1) is 35.7. The van der Waals surface area contributed by atoms with Crippen molar-refractivity contribution in [3.8, 4) is 12.3 Å². The third-order valence-corrected chi connectivity index (χ3v) is 6.87. The van der Waals surface area contributed by atoms with E-state index in [9.17, 15) is 43.5 Å². The molecule has 8 atom stereocenters. The molecule has 22 heteroatoms. The van der Waals surface area contributed by atoms with Crippen LogP contribution in [0.5, 0.6) is 0 Å². The number of terminal acetylenes is 1. The SMILES string of the molecule is C#CCCCCC(=O)OC[C@@H](COP(=O)(O)O[C@@H]1[C@H](O)[C@H](O)[C@@H](OP(=O)(O)O)[C@H](OP(=O)(O)O)[C@H]1O)OC=O. The maximum atomic E-state index is 12.4. The molecule has 19 nitrogen and oxygen atoms in total. The van der Waals surface area contributed by atoms with Crippen LogP contribution in [0, 0.1) is 12.3 Å². The molecule has 1 aliphatic rings. The molecule has 0 radical (unpaired) electrons. The van der Waals surface area contributed by atoms with Gasteiger partial charge < -0.3 is 49.3 Å². The Morgan fingerprint density at radius 3 is 1.90 bits per heavy atom. The van der Waals surface area contributed by atoms with Gasteiger partial charge in [-0.25, -0.2) is 13.7 Å². The molecule has 1 aliphatic carbocycles. The van der Waals surface area contributed by atoms with Crippen LogP contribution in [-0.2, 0) is 50.9 Å². The quantitative estimate of drug-likeness (QED) is 0.0278. The Morgan fingerprint density at radius 2 is 1.38 bits per heavy atom. The van der Waals surface area contributed by atoms with E-state index in [-0.39, 0.29) is 12.9 Å². The molecular formula is C17H29O19P3. The summed E-state index contributed by atoms with van der Waals surface area (Å²) in [5.74, 6) is 1.68. The summed E-state index contributed by atoms with van der Waals surface area (Å²) in [7, 11) is -16.5. The smallest absolute Gasteiger partial charge is 0.462 e. The standard InChI is InChI=1S/C17H29O19P3/c1-2-3-4-5-6-11(19)31-7-10(32-9-18)8-33-39(29,30)36-15-12(20)13(21)16(34-37(23,24)25)17(14(15)22)35-38(26,27)28/h1,9-10,12-17,20-22H,3-8H2,(H,29,30)(H2,23,24,25)(H2,26,27,28)/t10-,12+,13-,14-,15+,16+,17+/m0/s1. The summed E-state index contributed by atoms with van der Waals surface area (Å²) in [5.41, 5.74) is 0. The number of carbonyl (C=O) groups excluding carboxylic acids is 2. The highest BCUT2D eigenvalue weighted by atomic mass is 31.2. The summed E-state index contributed by atoms with van der Waals surface area (Å²) in [6.45, 7) is -1.67. The first-order chi connectivity index (χ1) is 17.9. The molecule has 0 aromatic carbocycles. The number of aliphatic hydroxyl groups excluding tert-OH is 3. The lowest BCUT2D eigenvalue weighted by Gasteiger charge is -2.44. The lowest BCUT2D eigenvalue weighted by Crippen LogP contribution is -2.65. The third kappa shape index (κ3) is 13.3. The molecule has 0 saturated heterocycles. The Morgan fingerprint density at radius 1 is 0.846 bits per heavy atom. The van der Waals surface area contributed by atoms with Crippen molar-refractivity contribution >= 4 is 35.9 Å². The van der Waals surface area contributed by atoms with Gasteiger partial charge in [0.25, 0.3) is 6.47 Å². The van der Waals surface area contributed by atoms with Crippen molar-refractivity contribution in [2.24, 2.45) is 0 Å². The van der Waals surface area contributed by atoms with Crippen molar-refractivity contribution in [2.45, 2.75) is 68.4 Å². The Kier molecular flexibility index (Phi) is 14.3. The minimum atomic E-state index is -5.56. The Hall–Kier alpha value is -1.29. The molecule has 0 aromatic rings. The number of aliphatic hydroxyl groups is 3. The van der Waals surface area contributed by atoms with Crippen LogP contribution in [0.2, 0.25) is 0 Å². The van der Waals surface area contributed by atoms with Gasteiger partial charge in [-0.15, -0.1) is 12.3 Å². The topological polar surface area (TPSA) is 303 Å². The minimum absolute atomic E-state index is 0.0255. The molecule has 0 spiro atoms. The van der Waals surface area contributed by atoms with Crippen molar-refractivity contribution in [1.29, 1.82) is 0 Å². The summed E-state index contributed by atoms with van der Waals surface area (Å²) in [6, 6.07) is 0. The molecule has 1 rings (SSSR count). The van der Waals surface area contributed by atoms with E-state index in [1.807, 2.05) is 0 Å². The fourth-order valence-electron chi connectivity index (χ4n) is 3.17. The van der Waals surface area contributed by atoms with E-state index in [0.29, 0.717) is 19.3 Å². The van der Waals surface area contributed by atoms with Crippen molar-refractivity contribution in [2.75, 3.05) is 13.2 Å². The van der Waals surface area contributed by atoms with Gasteiger partial charge in [-0.3, -0.25) is 27.7 Å². The number of rotatable bonds is 17. The predicted octanol–water partition coefficient (Wildman–Crippen LogP) is -2.18. The molecule has 0 amide bonds. The second-order valence-electron chi connectivity index (χ2n) is 7.88. The van der Waals surface area contributed by atoms with Crippen molar-refractivity contribution in [3.05, 3.63) is 0 Å².